The number of ether oxygens (including phenoxy) is 3. The van der Waals surface area contributed by atoms with Crippen LogP contribution < -0.4 is 20.1 Å². The minimum atomic E-state index is -0.515. The molecule has 2 rings (SSSR count). The number of methoxy groups -OCH3 is 2. The first-order valence-corrected chi connectivity index (χ1v) is 9.65. The van der Waals surface area contributed by atoms with E-state index in [1.54, 1.807) is 26.0 Å². The lowest BCUT2D eigenvalue weighted by atomic mass is 10.1. The van der Waals surface area contributed by atoms with E-state index in [1.165, 1.54) is 0 Å². The van der Waals surface area contributed by atoms with Gasteiger partial charge in [-0.1, -0.05) is 6.07 Å². The van der Waals surface area contributed by atoms with Crippen LogP contribution in [0, 0.1) is 5.92 Å². The maximum atomic E-state index is 12.3. The van der Waals surface area contributed by atoms with Gasteiger partial charge in [-0.05, 0) is 31.0 Å². The normalized spacial score (nSPS) is 15.8. The van der Waals surface area contributed by atoms with Gasteiger partial charge < -0.3 is 29.7 Å². The Morgan fingerprint density at radius 3 is 2.55 bits per heavy atom. The van der Waals surface area contributed by atoms with Gasteiger partial charge in [0, 0.05) is 32.6 Å². The topological polar surface area (TPSA) is 106 Å². The molecule has 0 radical (unpaired) electrons. The summed E-state index contributed by atoms with van der Waals surface area (Å²) in [6.07, 6.45) is 0.339. The maximum Gasteiger partial charge on any atom is 0.407 e. The molecule has 160 valence electrons. The second-order valence-electron chi connectivity index (χ2n) is 6.62. The quantitative estimate of drug-likeness (QED) is 0.560. The second kappa shape index (κ2) is 11.1. The number of nitrogens with one attached hydrogen (secondary N) is 2. The average Bonchev–Trinajstić information content (AvgIpc) is 3.10. The van der Waals surface area contributed by atoms with Crippen molar-refractivity contribution in [2.24, 2.45) is 5.92 Å². The summed E-state index contributed by atoms with van der Waals surface area (Å²) < 4.78 is 15.3. The zero-order valence-electron chi connectivity index (χ0n) is 17.2. The Balaban J connectivity index is 1.76. The number of benzene rings is 1. The molecule has 3 amide bonds. The third-order valence-electron chi connectivity index (χ3n) is 4.67. The SMILES string of the molecule is CCOC(=O)NCCNC(=O)C1CC(=O)N(CCc2ccc(OC)c(OC)c2)C1. The molecule has 2 N–H and O–H groups in total. The van der Waals surface area contributed by atoms with E-state index in [9.17, 15) is 14.4 Å². The third kappa shape index (κ3) is 6.55. The molecule has 0 aromatic heterocycles. The van der Waals surface area contributed by atoms with Gasteiger partial charge in [0.15, 0.2) is 11.5 Å². The van der Waals surface area contributed by atoms with Crippen molar-refractivity contribution in [3.05, 3.63) is 23.8 Å². The Bertz CT molecular complexity index is 724. The monoisotopic (exact) mass is 407 g/mol. The minimum Gasteiger partial charge on any atom is -0.493 e. The highest BCUT2D eigenvalue weighted by Gasteiger charge is 2.33. The van der Waals surface area contributed by atoms with Crippen LogP contribution in [0.4, 0.5) is 4.79 Å². The first-order chi connectivity index (χ1) is 14.0. The van der Waals surface area contributed by atoms with E-state index in [4.69, 9.17) is 14.2 Å². The van der Waals surface area contributed by atoms with E-state index < -0.39 is 6.09 Å². The van der Waals surface area contributed by atoms with Gasteiger partial charge in [-0.25, -0.2) is 4.79 Å². The van der Waals surface area contributed by atoms with E-state index >= 15 is 0 Å². The number of amides is 3. The Hall–Kier alpha value is -2.97. The maximum absolute atomic E-state index is 12.3. The van der Waals surface area contributed by atoms with Crippen LogP contribution in [-0.4, -0.2) is 69.8 Å². The molecule has 1 aliphatic rings. The number of rotatable bonds is 10. The van der Waals surface area contributed by atoms with E-state index in [2.05, 4.69) is 10.6 Å². The summed E-state index contributed by atoms with van der Waals surface area (Å²) in [7, 11) is 3.16. The fourth-order valence-corrected chi connectivity index (χ4v) is 3.14. The van der Waals surface area contributed by atoms with Gasteiger partial charge >= 0.3 is 6.09 Å². The lowest BCUT2D eigenvalue weighted by Crippen LogP contribution is -2.38. The molecule has 29 heavy (non-hydrogen) atoms. The van der Waals surface area contributed by atoms with Crippen LogP contribution in [0.1, 0.15) is 18.9 Å². The number of carbonyl (C=O) groups is 3. The van der Waals surface area contributed by atoms with Crippen LogP contribution in [0.3, 0.4) is 0 Å². The van der Waals surface area contributed by atoms with Gasteiger partial charge in [-0.3, -0.25) is 9.59 Å². The second-order valence-corrected chi connectivity index (χ2v) is 6.62. The van der Waals surface area contributed by atoms with Crippen molar-refractivity contribution in [3.63, 3.8) is 0 Å². The smallest absolute Gasteiger partial charge is 0.407 e. The lowest BCUT2D eigenvalue weighted by Gasteiger charge is -2.17. The number of nitrogens with zero attached hydrogens (tertiary/aromatic N) is 1. The molecule has 1 saturated heterocycles. The summed E-state index contributed by atoms with van der Waals surface area (Å²) in [6, 6.07) is 5.66. The fraction of sp³-hybridized carbons (Fsp3) is 0.550. The largest absolute Gasteiger partial charge is 0.493 e. The molecular weight excluding hydrogens is 378 g/mol. The molecule has 9 nitrogen and oxygen atoms in total. The van der Waals surface area contributed by atoms with Crippen molar-refractivity contribution in [1.82, 2.24) is 15.5 Å². The summed E-state index contributed by atoms with van der Waals surface area (Å²) in [5.41, 5.74) is 1.02. The van der Waals surface area contributed by atoms with Crippen LogP contribution in [0.15, 0.2) is 18.2 Å². The number of hydrogen-bond donors (Lipinski definition) is 2. The summed E-state index contributed by atoms with van der Waals surface area (Å²) in [4.78, 5) is 37.4. The predicted molar refractivity (Wildman–Crippen MR) is 106 cm³/mol. The molecule has 9 heteroatoms. The van der Waals surface area contributed by atoms with Crippen molar-refractivity contribution in [1.29, 1.82) is 0 Å². The molecular formula is C20H29N3O6. The zero-order chi connectivity index (χ0) is 21.2. The Labute approximate surface area is 170 Å². The first-order valence-electron chi connectivity index (χ1n) is 9.65. The fourth-order valence-electron chi connectivity index (χ4n) is 3.14. The zero-order valence-corrected chi connectivity index (χ0v) is 17.2. The van der Waals surface area contributed by atoms with Crippen LogP contribution in [0.2, 0.25) is 0 Å². The summed E-state index contributed by atoms with van der Waals surface area (Å²) in [5.74, 6) is 0.706. The average molecular weight is 407 g/mol. The number of carbonyl (C=O) groups excluding carboxylic acids is 3. The summed E-state index contributed by atoms with van der Waals surface area (Å²) in [6.45, 7) is 3.49. The minimum absolute atomic E-state index is 0.0322. The molecule has 0 aliphatic carbocycles. The summed E-state index contributed by atoms with van der Waals surface area (Å²) >= 11 is 0. The Morgan fingerprint density at radius 2 is 1.86 bits per heavy atom. The lowest BCUT2D eigenvalue weighted by molar-refractivity contribution is -0.129. The van der Waals surface area contributed by atoms with Crippen molar-refractivity contribution in [2.75, 3.05) is 47.0 Å². The van der Waals surface area contributed by atoms with Crippen LogP contribution in [-0.2, 0) is 20.7 Å². The van der Waals surface area contributed by atoms with Crippen molar-refractivity contribution in [2.45, 2.75) is 19.8 Å². The van der Waals surface area contributed by atoms with E-state index in [0.29, 0.717) is 37.6 Å². The standard InChI is InChI=1S/C20H29N3O6/c1-4-29-20(26)22-9-8-21-19(25)15-12-18(24)23(13-15)10-7-14-5-6-16(27-2)17(11-14)28-3/h5-6,11,15H,4,7-10,12-13H2,1-3H3,(H,21,25)(H,22,26). The van der Waals surface area contributed by atoms with E-state index in [1.807, 2.05) is 18.2 Å². The van der Waals surface area contributed by atoms with Gasteiger partial charge in [0.05, 0.1) is 26.7 Å². The molecule has 1 aromatic rings. The highest BCUT2D eigenvalue weighted by Crippen LogP contribution is 2.28. The Morgan fingerprint density at radius 1 is 1.14 bits per heavy atom. The molecule has 0 bridgehead atoms. The number of likely N-dealkylation sites (tertiary alicyclic amines) is 1. The summed E-state index contributed by atoms with van der Waals surface area (Å²) in [5, 5.41) is 5.28. The van der Waals surface area contributed by atoms with Gasteiger partial charge in [-0.15, -0.1) is 0 Å². The molecule has 1 fully saturated rings. The predicted octanol–water partition coefficient (Wildman–Crippen LogP) is 0.957. The molecule has 1 heterocycles. The Kier molecular flexibility index (Phi) is 8.57. The highest BCUT2D eigenvalue weighted by molar-refractivity contribution is 5.89. The van der Waals surface area contributed by atoms with Crippen LogP contribution >= 0.6 is 0 Å². The molecule has 0 spiro atoms. The van der Waals surface area contributed by atoms with Crippen molar-refractivity contribution >= 4 is 17.9 Å². The number of hydrogen-bond acceptors (Lipinski definition) is 6. The number of alkyl carbamates (subject to hydrolysis) is 1. The molecule has 0 saturated carbocycles. The van der Waals surface area contributed by atoms with Crippen molar-refractivity contribution in [3.8, 4) is 11.5 Å². The van der Waals surface area contributed by atoms with Gasteiger partial charge in [-0.2, -0.15) is 0 Å². The third-order valence-corrected chi connectivity index (χ3v) is 4.67. The highest BCUT2D eigenvalue weighted by atomic mass is 16.5. The molecule has 1 aliphatic heterocycles. The van der Waals surface area contributed by atoms with Gasteiger partial charge in [0.25, 0.3) is 0 Å². The van der Waals surface area contributed by atoms with Crippen LogP contribution in [0.5, 0.6) is 11.5 Å². The van der Waals surface area contributed by atoms with Gasteiger partial charge in [0.2, 0.25) is 11.8 Å². The molecule has 1 unspecified atom stereocenters. The molecule has 1 aromatic carbocycles. The van der Waals surface area contributed by atoms with E-state index in [0.717, 1.165) is 5.56 Å². The van der Waals surface area contributed by atoms with Gasteiger partial charge in [0.1, 0.15) is 0 Å². The first kappa shape index (κ1) is 22.3. The van der Waals surface area contributed by atoms with Crippen molar-refractivity contribution < 1.29 is 28.6 Å². The molecule has 1 atom stereocenters. The van der Waals surface area contributed by atoms with E-state index in [-0.39, 0.29) is 37.2 Å². The van der Waals surface area contributed by atoms with Crippen LogP contribution in [0.25, 0.3) is 0 Å².